The molecule has 0 aliphatic carbocycles. The largest absolute Gasteiger partial charge is 0.497 e. The van der Waals surface area contributed by atoms with Gasteiger partial charge < -0.3 is 19.1 Å². The van der Waals surface area contributed by atoms with Gasteiger partial charge in [0.2, 0.25) is 0 Å². The van der Waals surface area contributed by atoms with E-state index in [2.05, 4.69) is 0 Å². The fourth-order valence-electron chi connectivity index (χ4n) is 4.26. The summed E-state index contributed by atoms with van der Waals surface area (Å²) in [6, 6.07) is 24.0. The Hall–Kier alpha value is -4.17. The number of rotatable bonds is 10. The van der Waals surface area contributed by atoms with Crippen molar-refractivity contribution in [3.05, 3.63) is 95.6 Å². The Morgan fingerprint density at radius 3 is 2.32 bits per heavy atom. The quantitative estimate of drug-likeness (QED) is 0.417. The summed E-state index contributed by atoms with van der Waals surface area (Å²) in [4.78, 5) is 28.5. The molecule has 37 heavy (non-hydrogen) atoms. The van der Waals surface area contributed by atoms with Crippen molar-refractivity contribution in [3.8, 4) is 11.5 Å². The highest BCUT2D eigenvalue weighted by atomic mass is 16.5. The van der Waals surface area contributed by atoms with E-state index < -0.39 is 0 Å². The van der Waals surface area contributed by atoms with E-state index in [1.807, 2.05) is 54.6 Å². The monoisotopic (exact) mass is 501 g/mol. The van der Waals surface area contributed by atoms with Crippen molar-refractivity contribution in [1.82, 2.24) is 9.91 Å². The molecule has 2 amide bonds. The number of benzene rings is 3. The molecule has 1 aliphatic rings. The zero-order valence-corrected chi connectivity index (χ0v) is 21.3. The highest BCUT2D eigenvalue weighted by molar-refractivity contribution is 6.04. The zero-order valence-electron chi connectivity index (χ0n) is 21.3. The van der Waals surface area contributed by atoms with Gasteiger partial charge in [0, 0.05) is 31.2 Å². The molecule has 192 valence electrons. The fourth-order valence-corrected chi connectivity index (χ4v) is 4.26. The summed E-state index contributed by atoms with van der Waals surface area (Å²) in [6.45, 7) is 0.436. The van der Waals surface area contributed by atoms with Crippen molar-refractivity contribution in [1.29, 1.82) is 0 Å². The molecular weight excluding hydrogens is 470 g/mol. The molecule has 0 bridgehead atoms. The third kappa shape index (κ3) is 6.16. The molecule has 8 heteroatoms. The molecule has 4 rings (SSSR count). The van der Waals surface area contributed by atoms with E-state index in [1.165, 1.54) is 9.91 Å². The molecule has 1 heterocycles. The van der Waals surface area contributed by atoms with Gasteiger partial charge in [-0.3, -0.25) is 9.59 Å². The second kappa shape index (κ2) is 12.2. The van der Waals surface area contributed by atoms with Crippen LogP contribution in [0.3, 0.4) is 0 Å². The normalized spacial score (nSPS) is 14.7. The Labute approximate surface area is 217 Å². The van der Waals surface area contributed by atoms with Crippen molar-refractivity contribution < 1.29 is 23.8 Å². The van der Waals surface area contributed by atoms with Crippen molar-refractivity contribution in [3.63, 3.8) is 0 Å². The SMILES string of the molecule is COCCN(CC(=O)N1N=C(c2cccc(OC)c2)C[C@@H]1c1ccccc1)C(=O)c1ccc(OC)cc1. The van der Waals surface area contributed by atoms with Crippen LogP contribution < -0.4 is 9.47 Å². The van der Waals surface area contributed by atoms with Gasteiger partial charge in [0.25, 0.3) is 11.8 Å². The van der Waals surface area contributed by atoms with Gasteiger partial charge in [-0.1, -0.05) is 42.5 Å². The molecule has 0 aromatic heterocycles. The van der Waals surface area contributed by atoms with Gasteiger partial charge in [-0.25, -0.2) is 5.01 Å². The molecule has 0 saturated heterocycles. The van der Waals surface area contributed by atoms with E-state index in [1.54, 1.807) is 45.6 Å². The first kappa shape index (κ1) is 25.9. The van der Waals surface area contributed by atoms with E-state index in [9.17, 15) is 9.59 Å². The predicted molar refractivity (Wildman–Crippen MR) is 141 cm³/mol. The zero-order chi connectivity index (χ0) is 26.2. The highest BCUT2D eigenvalue weighted by Gasteiger charge is 2.34. The van der Waals surface area contributed by atoms with Gasteiger partial charge >= 0.3 is 0 Å². The number of hydrogen-bond donors (Lipinski definition) is 0. The van der Waals surface area contributed by atoms with Gasteiger partial charge in [-0.2, -0.15) is 5.10 Å². The van der Waals surface area contributed by atoms with Crippen LogP contribution in [-0.4, -0.2) is 68.5 Å². The maximum absolute atomic E-state index is 13.7. The molecule has 3 aromatic carbocycles. The van der Waals surface area contributed by atoms with Crippen molar-refractivity contribution in [2.45, 2.75) is 12.5 Å². The number of ether oxygens (including phenoxy) is 3. The van der Waals surface area contributed by atoms with E-state index >= 15 is 0 Å². The van der Waals surface area contributed by atoms with Crippen molar-refractivity contribution >= 4 is 17.5 Å². The third-order valence-corrected chi connectivity index (χ3v) is 6.27. The van der Waals surface area contributed by atoms with Crippen LogP contribution in [-0.2, 0) is 9.53 Å². The maximum Gasteiger partial charge on any atom is 0.262 e. The van der Waals surface area contributed by atoms with E-state index in [0.29, 0.717) is 24.3 Å². The lowest BCUT2D eigenvalue weighted by atomic mass is 9.98. The van der Waals surface area contributed by atoms with Gasteiger partial charge in [0.15, 0.2) is 0 Å². The summed E-state index contributed by atoms with van der Waals surface area (Å²) < 4.78 is 15.8. The van der Waals surface area contributed by atoms with Crippen LogP contribution in [0.2, 0.25) is 0 Å². The molecule has 0 spiro atoms. The first-order chi connectivity index (χ1) is 18.0. The average molecular weight is 502 g/mol. The van der Waals surface area contributed by atoms with Crippen LogP contribution in [0.4, 0.5) is 0 Å². The van der Waals surface area contributed by atoms with E-state index in [0.717, 1.165) is 22.6 Å². The standard InChI is InChI=1S/C29H31N3O5/c1-35-17-16-31(29(34)22-12-14-24(36-2)15-13-22)20-28(33)32-27(21-8-5-4-6-9-21)19-26(30-32)23-10-7-11-25(18-23)37-3/h4-15,18,27H,16-17,19-20H2,1-3H3/t27-/m1/s1. The van der Waals surface area contributed by atoms with Crippen LogP contribution in [0, 0.1) is 0 Å². The summed E-state index contributed by atoms with van der Waals surface area (Å²) in [5.41, 5.74) is 3.11. The summed E-state index contributed by atoms with van der Waals surface area (Å²) in [6.07, 6.45) is 0.549. The number of hydrogen-bond acceptors (Lipinski definition) is 6. The Bertz CT molecular complexity index is 1240. The predicted octanol–water partition coefficient (Wildman–Crippen LogP) is 4.17. The van der Waals surface area contributed by atoms with E-state index in [4.69, 9.17) is 19.3 Å². The molecule has 0 fully saturated rings. The molecule has 0 unspecified atom stereocenters. The number of hydrazone groups is 1. The molecule has 3 aromatic rings. The number of amides is 2. The van der Waals surface area contributed by atoms with Crippen molar-refractivity contribution in [2.75, 3.05) is 41.0 Å². The summed E-state index contributed by atoms with van der Waals surface area (Å²) in [5, 5.41) is 6.24. The van der Waals surface area contributed by atoms with Gasteiger partial charge in [0.1, 0.15) is 18.0 Å². The second-order valence-electron chi connectivity index (χ2n) is 8.60. The van der Waals surface area contributed by atoms with Gasteiger partial charge in [-0.05, 0) is 42.0 Å². The van der Waals surface area contributed by atoms with E-state index in [-0.39, 0.29) is 30.9 Å². The molecule has 0 N–H and O–H groups in total. The minimum Gasteiger partial charge on any atom is -0.497 e. The van der Waals surface area contributed by atoms with Crippen molar-refractivity contribution in [2.24, 2.45) is 5.10 Å². The third-order valence-electron chi connectivity index (χ3n) is 6.27. The molecule has 0 radical (unpaired) electrons. The lowest BCUT2D eigenvalue weighted by Crippen LogP contribution is -2.42. The van der Waals surface area contributed by atoms with Crippen LogP contribution in [0.25, 0.3) is 0 Å². The number of carbonyl (C=O) groups excluding carboxylic acids is 2. The Kier molecular flexibility index (Phi) is 8.53. The number of nitrogens with zero attached hydrogens (tertiary/aromatic N) is 3. The molecule has 1 atom stereocenters. The average Bonchev–Trinajstić information content (AvgIpc) is 3.41. The minimum absolute atomic E-state index is 0.132. The second-order valence-corrected chi connectivity index (χ2v) is 8.60. The highest BCUT2D eigenvalue weighted by Crippen LogP contribution is 2.33. The lowest BCUT2D eigenvalue weighted by molar-refractivity contribution is -0.133. The number of methoxy groups -OCH3 is 3. The topological polar surface area (TPSA) is 80.7 Å². The molecule has 1 aliphatic heterocycles. The van der Waals surface area contributed by atoms with Crippen LogP contribution in [0.1, 0.15) is 33.9 Å². The number of carbonyl (C=O) groups is 2. The Balaban J connectivity index is 1.61. The van der Waals surface area contributed by atoms with Crippen LogP contribution >= 0.6 is 0 Å². The Morgan fingerprint density at radius 2 is 1.65 bits per heavy atom. The van der Waals surface area contributed by atoms with Gasteiger partial charge in [-0.15, -0.1) is 0 Å². The molecule has 0 saturated carbocycles. The first-order valence-electron chi connectivity index (χ1n) is 12.0. The Morgan fingerprint density at radius 1 is 0.919 bits per heavy atom. The maximum atomic E-state index is 13.7. The minimum atomic E-state index is -0.282. The van der Waals surface area contributed by atoms with Crippen LogP contribution in [0.5, 0.6) is 11.5 Å². The molecule has 8 nitrogen and oxygen atoms in total. The fraction of sp³-hybridized carbons (Fsp3) is 0.276. The summed E-state index contributed by atoms with van der Waals surface area (Å²) in [7, 11) is 4.75. The van der Waals surface area contributed by atoms with Gasteiger partial charge in [0.05, 0.1) is 32.6 Å². The first-order valence-corrected chi connectivity index (χ1v) is 12.0. The van der Waals surface area contributed by atoms with Crippen LogP contribution in [0.15, 0.2) is 84.0 Å². The summed E-state index contributed by atoms with van der Waals surface area (Å²) in [5.74, 6) is 0.834. The smallest absolute Gasteiger partial charge is 0.262 e. The summed E-state index contributed by atoms with van der Waals surface area (Å²) >= 11 is 0. The lowest BCUT2D eigenvalue weighted by Gasteiger charge is -2.27. The molecular formula is C29H31N3O5.